The first-order valence-corrected chi connectivity index (χ1v) is 7.45. The molecule has 0 radical (unpaired) electrons. The Balaban J connectivity index is 2.18. The van der Waals surface area contributed by atoms with Gasteiger partial charge in [0.15, 0.2) is 0 Å². The molecule has 1 atom stereocenters. The molecule has 1 heterocycles. The van der Waals surface area contributed by atoms with Crippen LogP contribution in [0.4, 0.5) is 0 Å². The van der Waals surface area contributed by atoms with Gasteiger partial charge in [-0.05, 0) is 61.9 Å². The summed E-state index contributed by atoms with van der Waals surface area (Å²) in [4.78, 5) is 0. The normalized spacial score (nSPS) is 23.8. The molecule has 18 heavy (non-hydrogen) atoms. The van der Waals surface area contributed by atoms with Crippen LogP contribution in [-0.4, -0.2) is 12.1 Å². The van der Waals surface area contributed by atoms with Gasteiger partial charge in [0.1, 0.15) is 0 Å². The fraction of sp³-hybridized carbons (Fsp3) is 0.600. The second-order valence-corrected chi connectivity index (χ2v) is 6.74. The van der Waals surface area contributed by atoms with Gasteiger partial charge < -0.3 is 5.32 Å². The highest BCUT2D eigenvalue weighted by molar-refractivity contribution is 6.34. The first-order chi connectivity index (χ1) is 8.49. The fourth-order valence-corrected chi connectivity index (χ4v) is 3.72. The molecule has 0 bridgehead atoms. The van der Waals surface area contributed by atoms with Crippen LogP contribution >= 0.6 is 23.2 Å². The van der Waals surface area contributed by atoms with E-state index in [1.54, 1.807) is 6.07 Å². The first-order valence-electron chi connectivity index (χ1n) is 6.69. The molecular formula is C15H21Cl2N. The van der Waals surface area contributed by atoms with E-state index in [0.29, 0.717) is 5.92 Å². The molecule has 1 aliphatic heterocycles. The number of rotatable bonds is 4. The van der Waals surface area contributed by atoms with E-state index in [1.165, 1.54) is 24.8 Å². The van der Waals surface area contributed by atoms with E-state index in [1.807, 2.05) is 12.1 Å². The van der Waals surface area contributed by atoms with Crippen LogP contribution in [-0.2, 0) is 6.42 Å². The molecule has 1 N–H and O–H groups in total. The van der Waals surface area contributed by atoms with E-state index in [9.17, 15) is 0 Å². The molecule has 1 nitrogen and oxygen atoms in total. The standard InChI is InChI=1S/C15H21Cl2N/c1-11(2)9-15(4-3-5-18-15)10-12-6-13(16)8-14(17)7-12/h6-8,11,18H,3-5,9-10H2,1-2H3. The lowest BCUT2D eigenvalue weighted by Gasteiger charge is -2.32. The van der Waals surface area contributed by atoms with Crippen molar-refractivity contribution >= 4 is 23.2 Å². The molecule has 3 heteroatoms. The van der Waals surface area contributed by atoms with Gasteiger partial charge >= 0.3 is 0 Å². The number of hydrogen-bond acceptors (Lipinski definition) is 1. The predicted octanol–water partition coefficient (Wildman–Crippen LogP) is 4.70. The molecule has 0 aliphatic carbocycles. The Kier molecular flexibility index (Phi) is 4.58. The summed E-state index contributed by atoms with van der Waals surface area (Å²) in [5.74, 6) is 0.699. The Morgan fingerprint density at radius 1 is 1.22 bits per heavy atom. The van der Waals surface area contributed by atoms with Crippen molar-refractivity contribution in [1.29, 1.82) is 0 Å². The van der Waals surface area contributed by atoms with Gasteiger partial charge in [-0.15, -0.1) is 0 Å². The lowest BCUT2D eigenvalue weighted by molar-refractivity contribution is 0.301. The van der Waals surface area contributed by atoms with Crippen LogP contribution in [0.2, 0.25) is 10.0 Å². The molecule has 1 saturated heterocycles. The fourth-order valence-electron chi connectivity index (χ4n) is 3.15. The molecule has 1 unspecified atom stereocenters. The Bertz CT molecular complexity index is 389. The number of halogens is 2. The monoisotopic (exact) mass is 285 g/mol. The summed E-state index contributed by atoms with van der Waals surface area (Å²) in [5.41, 5.74) is 1.48. The largest absolute Gasteiger partial charge is 0.311 e. The van der Waals surface area contributed by atoms with Crippen molar-refractivity contribution in [3.63, 3.8) is 0 Å². The molecule has 0 spiro atoms. The maximum Gasteiger partial charge on any atom is 0.0423 e. The average molecular weight is 286 g/mol. The molecule has 0 aromatic heterocycles. The van der Waals surface area contributed by atoms with Crippen molar-refractivity contribution in [3.05, 3.63) is 33.8 Å². The summed E-state index contributed by atoms with van der Waals surface area (Å²) in [6.45, 7) is 5.69. The molecule has 1 aromatic rings. The van der Waals surface area contributed by atoms with Gasteiger partial charge in [-0.2, -0.15) is 0 Å². The molecule has 2 rings (SSSR count). The molecule has 1 aliphatic rings. The van der Waals surface area contributed by atoms with Gasteiger partial charge in [0.2, 0.25) is 0 Å². The lowest BCUT2D eigenvalue weighted by Crippen LogP contribution is -2.43. The van der Waals surface area contributed by atoms with E-state index in [2.05, 4.69) is 19.2 Å². The third-order valence-corrected chi connectivity index (χ3v) is 4.03. The van der Waals surface area contributed by atoms with Gasteiger partial charge in [-0.1, -0.05) is 37.0 Å². The molecule has 1 aromatic carbocycles. The zero-order valence-corrected chi connectivity index (χ0v) is 12.6. The van der Waals surface area contributed by atoms with Crippen molar-refractivity contribution < 1.29 is 0 Å². The van der Waals surface area contributed by atoms with Gasteiger partial charge in [0, 0.05) is 15.6 Å². The third kappa shape index (κ3) is 3.63. The average Bonchev–Trinajstić information content (AvgIpc) is 2.63. The minimum Gasteiger partial charge on any atom is -0.311 e. The van der Waals surface area contributed by atoms with Crippen LogP contribution in [0.1, 0.15) is 38.7 Å². The van der Waals surface area contributed by atoms with Crippen molar-refractivity contribution in [3.8, 4) is 0 Å². The summed E-state index contributed by atoms with van der Waals surface area (Å²) >= 11 is 12.2. The van der Waals surface area contributed by atoms with Crippen LogP contribution in [0.15, 0.2) is 18.2 Å². The summed E-state index contributed by atoms with van der Waals surface area (Å²) in [7, 11) is 0. The highest BCUT2D eigenvalue weighted by atomic mass is 35.5. The summed E-state index contributed by atoms with van der Waals surface area (Å²) in [5, 5.41) is 5.17. The van der Waals surface area contributed by atoms with Crippen LogP contribution in [0.5, 0.6) is 0 Å². The quantitative estimate of drug-likeness (QED) is 0.845. The Labute approximate surface area is 120 Å². The molecule has 100 valence electrons. The summed E-state index contributed by atoms with van der Waals surface area (Å²) < 4.78 is 0. The molecule has 1 fully saturated rings. The lowest BCUT2D eigenvalue weighted by atomic mass is 9.82. The van der Waals surface area contributed by atoms with Gasteiger partial charge in [0.25, 0.3) is 0 Å². The van der Waals surface area contributed by atoms with Gasteiger partial charge in [0.05, 0.1) is 0 Å². The topological polar surface area (TPSA) is 12.0 Å². The van der Waals surface area contributed by atoms with Crippen LogP contribution in [0.25, 0.3) is 0 Å². The summed E-state index contributed by atoms with van der Waals surface area (Å²) in [6.07, 6.45) is 4.74. The summed E-state index contributed by atoms with van der Waals surface area (Å²) in [6, 6.07) is 5.87. The Morgan fingerprint density at radius 2 is 1.89 bits per heavy atom. The second kappa shape index (κ2) is 5.81. The highest BCUT2D eigenvalue weighted by Crippen LogP contribution is 2.32. The van der Waals surface area contributed by atoms with Crippen molar-refractivity contribution in [2.75, 3.05) is 6.54 Å². The predicted molar refractivity (Wildman–Crippen MR) is 79.6 cm³/mol. The van der Waals surface area contributed by atoms with Crippen molar-refractivity contribution in [2.24, 2.45) is 5.92 Å². The highest BCUT2D eigenvalue weighted by Gasteiger charge is 2.34. The zero-order chi connectivity index (χ0) is 13.2. The van der Waals surface area contributed by atoms with E-state index < -0.39 is 0 Å². The van der Waals surface area contributed by atoms with E-state index >= 15 is 0 Å². The molecular weight excluding hydrogens is 265 g/mol. The van der Waals surface area contributed by atoms with Gasteiger partial charge in [-0.3, -0.25) is 0 Å². The smallest absolute Gasteiger partial charge is 0.0423 e. The first kappa shape index (κ1) is 14.2. The SMILES string of the molecule is CC(C)CC1(Cc2cc(Cl)cc(Cl)c2)CCCN1. The third-order valence-electron chi connectivity index (χ3n) is 3.60. The van der Waals surface area contributed by atoms with E-state index in [4.69, 9.17) is 23.2 Å². The number of nitrogens with one attached hydrogen (secondary N) is 1. The van der Waals surface area contributed by atoms with Crippen molar-refractivity contribution in [1.82, 2.24) is 5.32 Å². The zero-order valence-electron chi connectivity index (χ0n) is 11.1. The van der Waals surface area contributed by atoms with Crippen LogP contribution in [0, 0.1) is 5.92 Å². The minimum atomic E-state index is 0.238. The second-order valence-electron chi connectivity index (χ2n) is 5.86. The molecule has 0 saturated carbocycles. The number of hydrogen-bond donors (Lipinski definition) is 1. The maximum absolute atomic E-state index is 6.08. The van der Waals surface area contributed by atoms with Gasteiger partial charge in [-0.25, -0.2) is 0 Å². The minimum absolute atomic E-state index is 0.238. The number of benzene rings is 1. The van der Waals surface area contributed by atoms with Crippen LogP contribution < -0.4 is 5.32 Å². The van der Waals surface area contributed by atoms with Crippen molar-refractivity contribution in [2.45, 2.75) is 45.1 Å². The maximum atomic E-state index is 6.08. The van der Waals surface area contributed by atoms with E-state index in [-0.39, 0.29) is 5.54 Å². The van der Waals surface area contributed by atoms with Crippen LogP contribution in [0.3, 0.4) is 0 Å². The Hall–Kier alpha value is -0.240. The van der Waals surface area contributed by atoms with E-state index in [0.717, 1.165) is 23.0 Å². The Morgan fingerprint density at radius 3 is 2.39 bits per heavy atom. The molecule has 0 amide bonds.